The van der Waals surface area contributed by atoms with Gasteiger partial charge in [0.2, 0.25) is 0 Å². The number of hydrogen-bond acceptors (Lipinski definition) is 4. The molecule has 0 aromatic heterocycles. The topological polar surface area (TPSA) is 35.5 Å². The lowest BCUT2D eigenvalue weighted by molar-refractivity contribution is 0.0600. The summed E-state index contributed by atoms with van der Waals surface area (Å²) in [5.41, 5.74) is 3.72. The van der Waals surface area contributed by atoms with Crippen LogP contribution in [0.3, 0.4) is 0 Å². The summed E-state index contributed by atoms with van der Waals surface area (Å²) >= 11 is 1.91. The number of esters is 1. The van der Waals surface area contributed by atoms with E-state index in [9.17, 15) is 4.79 Å². The Kier molecular flexibility index (Phi) is 5.29. The lowest BCUT2D eigenvalue weighted by atomic mass is 9.81. The minimum atomic E-state index is -0.391. The second-order valence-corrected chi connectivity index (χ2v) is 7.99. The number of ether oxygens (including phenoxy) is 2. The monoisotopic (exact) mass is 366 g/mol. The van der Waals surface area contributed by atoms with Crippen molar-refractivity contribution in [2.24, 2.45) is 0 Å². The van der Waals surface area contributed by atoms with Gasteiger partial charge >= 0.3 is 5.97 Å². The number of carbonyl (C=O) groups is 1. The fourth-order valence-electron chi connectivity index (χ4n) is 2.99. The SMILES string of the molecule is COC(=O)c1ccc(C#Cc2ccc3c(c2)C(C)(C)CCS3)c(OC)c1. The molecule has 4 heteroatoms. The van der Waals surface area contributed by atoms with E-state index in [1.54, 1.807) is 25.3 Å². The van der Waals surface area contributed by atoms with Crippen molar-refractivity contribution < 1.29 is 14.3 Å². The number of thioether (sulfide) groups is 1. The molecule has 3 rings (SSSR count). The molecule has 0 N–H and O–H groups in total. The van der Waals surface area contributed by atoms with Crippen LogP contribution in [0.5, 0.6) is 5.75 Å². The first-order valence-corrected chi connectivity index (χ1v) is 9.49. The number of fused-ring (bicyclic) bond motifs is 1. The molecule has 0 atom stereocenters. The van der Waals surface area contributed by atoms with Crippen LogP contribution in [0, 0.1) is 11.8 Å². The lowest BCUT2D eigenvalue weighted by Crippen LogP contribution is -2.22. The standard InChI is InChI=1S/C22H22O3S/c1-22(2)11-12-26-20-10-6-15(13-18(20)22)5-7-16-8-9-17(21(23)25-4)14-19(16)24-3/h6,8-10,13-14H,11-12H2,1-4H3. The first kappa shape index (κ1) is 18.4. The zero-order chi connectivity index (χ0) is 18.7. The third-order valence-corrected chi connectivity index (χ3v) is 5.73. The Morgan fingerprint density at radius 3 is 2.65 bits per heavy atom. The van der Waals surface area contributed by atoms with Gasteiger partial charge in [-0.2, -0.15) is 0 Å². The molecular weight excluding hydrogens is 344 g/mol. The van der Waals surface area contributed by atoms with E-state index in [1.807, 2.05) is 11.8 Å². The smallest absolute Gasteiger partial charge is 0.337 e. The van der Waals surface area contributed by atoms with Crippen LogP contribution in [0.1, 0.15) is 47.3 Å². The molecule has 0 fully saturated rings. The molecule has 1 aliphatic heterocycles. The number of hydrogen-bond donors (Lipinski definition) is 0. The van der Waals surface area contributed by atoms with Gasteiger partial charge in [0, 0.05) is 10.5 Å². The zero-order valence-corrected chi connectivity index (χ0v) is 16.3. The number of benzene rings is 2. The molecule has 2 aromatic carbocycles. The molecule has 1 aliphatic rings. The van der Waals surface area contributed by atoms with Crippen LogP contribution in [0.2, 0.25) is 0 Å². The maximum atomic E-state index is 11.7. The summed E-state index contributed by atoms with van der Waals surface area (Å²) in [6, 6.07) is 11.6. The van der Waals surface area contributed by atoms with Crippen molar-refractivity contribution in [3.63, 3.8) is 0 Å². The Balaban J connectivity index is 1.94. The molecule has 0 unspecified atom stereocenters. The Bertz CT molecular complexity index is 903. The first-order chi connectivity index (χ1) is 12.4. The van der Waals surface area contributed by atoms with Gasteiger partial charge in [-0.1, -0.05) is 25.7 Å². The largest absolute Gasteiger partial charge is 0.495 e. The normalized spacial score (nSPS) is 14.6. The summed E-state index contributed by atoms with van der Waals surface area (Å²) in [4.78, 5) is 13.0. The molecule has 134 valence electrons. The van der Waals surface area contributed by atoms with Crippen LogP contribution in [-0.4, -0.2) is 25.9 Å². The van der Waals surface area contributed by atoms with Gasteiger partial charge in [-0.25, -0.2) is 4.79 Å². The average molecular weight is 366 g/mol. The summed E-state index contributed by atoms with van der Waals surface area (Å²) in [5, 5.41) is 0. The van der Waals surface area contributed by atoms with Crippen LogP contribution in [0.25, 0.3) is 0 Å². The molecule has 0 saturated heterocycles. The highest BCUT2D eigenvalue weighted by Crippen LogP contribution is 2.41. The van der Waals surface area contributed by atoms with Gasteiger partial charge in [-0.05, 0) is 59.6 Å². The molecule has 0 radical (unpaired) electrons. The zero-order valence-electron chi connectivity index (χ0n) is 15.5. The van der Waals surface area contributed by atoms with Gasteiger partial charge in [-0.15, -0.1) is 11.8 Å². The van der Waals surface area contributed by atoms with E-state index in [2.05, 4.69) is 43.9 Å². The molecule has 0 amide bonds. The maximum absolute atomic E-state index is 11.7. The maximum Gasteiger partial charge on any atom is 0.337 e. The fraction of sp³-hybridized carbons (Fsp3) is 0.318. The van der Waals surface area contributed by atoms with Crippen molar-refractivity contribution in [1.29, 1.82) is 0 Å². The summed E-state index contributed by atoms with van der Waals surface area (Å²) in [6.07, 6.45) is 1.17. The summed E-state index contributed by atoms with van der Waals surface area (Å²) in [5.74, 6) is 7.73. The van der Waals surface area contributed by atoms with E-state index in [1.165, 1.54) is 24.0 Å². The molecule has 0 saturated carbocycles. The Morgan fingerprint density at radius 1 is 1.12 bits per heavy atom. The van der Waals surface area contributed by atoms with Gasteiger partial charge in [-0.3, -0.25) is 0 Å². The van der Waals surface area contributed by atoms with E-state index in [-0.39, 0.29) is 5.41 Å². The predicted molar refractivity (Wildman–Crippen MR) is 105 cm³/mol. The van der Waals surface area contributed by atoms with Crippen LogP contribution in [0.15, 0.2) is 41.3 Å². The van der Waals surface area contributed by atoms with Gasteiger partial charge < -0.3 is 9.47 Å². The van der Waals surface area contributed by atoms with Crippen LogP contribution < -0.4 is 4.74 Å². The molecule has 2 aromatic rings. The second-order valence-electron chi connectivity index (χ2n) is 6.85. The summed E-state index contributed by atoms with van der Waals surface area (Å²) < 4.78 is 10.1. The molecule has 0 spiro atoms. The molecule has 0 bridgehead atoms. The quantitative estimate of drug-likeness (QED) is 0.572. The molecule has 1 heterocycles. The first-order valence-electron chi connectivity index (χ1n) is 8.50. The van der Waals surface area contributed by atoms with Crippen LogP contribution in [-0.2, 0) is 10.2 Å². The number of rotatable bonds is 2. The van der Waals surface area contributed by atoms with Gasteiger partial charge in [0.05, 0.1) is 25.3 Å². The minimum Gasteiger partial charge on any atom is -0.495 e. The highest BCUT2D eigenvalue weighted by Gasteiger charge is 2.27. The Morgan fingerprint density at radius 2 is 1.92 bits per heavy atom. The van der Waals surface area contributed by atoms with Crippen LogP contribution in [0.4, 0.5) is 0 Å². The second kappa shape index (κ2) is 7.47. The lowest BCUT2D eigenvalue weighted by Gasteiger charge is -2.32. The summed E-state index contributed by atoms with van der Waals surface area (Å²) in [6.45, 7) is 4.58. The third kappa shape index (κ3) is 3.73. The predicted octanol–water partition coefficient (Wildman–Crippen LogP) is 4.66. The van der Waals surface area contributed by atoms with E-state index in [0.29, 0.717) is 11.3 Å². The van der Waals surface area contributed by atoms with E-state index in [0.717, 1.165) is 16.9 Å². The summed E-state index contributed by atoms with van der Waals surface area (Å²) in [7, 11) is 2.93. The molecule has 26 heavy (non-hydrogen) atoms. The fourth-order valence-corrected chi connectivity index (χ4v) is 4.48. The van der Waals surface area contributed by atoms with Crippen molar-refractivity contribution in [2.45, 2.75) is 30.6 Å². The van der Waals surface area contributed by atoms with Crippen molar-refractivity contribution in [1.82, 2.24) is 0 Å². The molecule has 3 nitrogen and oxygen atoms in total. The minimum absolute atomic E-state index is 0.179. The van der Waals surface area contributed by atoms with Crippen molar-refractivity contribution in [2.75, 3.05) is 20.0 Å². The third-order valence-electron chi connectivity index (χ3n) is 4.66. The number of carbonyl (C=O) groups excluding carboxylic acids is 1. The van der Waals surface area contributed by atoms with E-state index in [4.69, 9.17) is 9.47 Å². The van der Waals surface area contributed by atoms with Gasteiger partial charge in [0.25, 0.3) is 0 Å². The van der Waals surface area contributed by atoms with Crippen molar-refractivity contribution >= 4 is 17.7 Å². The van der Waals surface area contributed by atoms with Gasteiger partial charge in [0.1, 0.15) is 5.75 Å². The highest BCUT2D eigenvalue weighted by atomic mass is 32.2. The highest BCUT2D eigenvalue weighted by molar-refractivity contribution is 7.99. The Labute approximate surface area is 159 Å². The molecule has 0 aliphatic carbocycles. The van der Waals surface area contributed by atoms with Crippen molar-refractivity contribution in [3.8, 4) is 17.6 Å². The van der Waals surface area contributed by atoms with Gasteiger partial charge in [0.15, 0.2) is 0 Å². The Hall–Kier alpha value is -2.38. The van der Waals surface area contributed by atoms with E-state index >= 15 is 0 Å². The average Bonchev–Trinajstić information content (AvgIpc) is 2.65. The molecular formula is C22H22O3S. The van der Waals surface area contributed by atoms with Crippen LogP contribution >= 0.6 is 11.8 Å². The number of methoxy groups -OCH3 is 2. The van der Waals surface area contributed by atoms with E-state index < -0.39 is 5.97 Å². The van der Waals surface area contributed by atoms with Crippen molar-refractivity contribution in [3.05, 3.63) is 58.7 Å².